The van der Waals surface area contributed by atoms with Gasteiger partial charge in [0.15, 0.2) is 0 Å². The number of cyclic esters (lactones) is 1. The molecule has 9 nitrogen and oxygen atoms in total. The van der Waals surface area contributed by atoms with E-state index >= 15 is 0 Å². The molecule has 3 rings (SSSR count). The van der Waals surface area contributed by atoms with Gasteiger partial charge in [-0.1, -0.05) is 54.6 Å². The second-order valence-electron chi connectivity index (χ2n) is 9.70. The first-order valence-electron chi connectivity index (χ1n) is 13.9. The summed E-state index contributed by atoms with van der Waals surface area (Å²) >= 11 is 0. The summed E-state index contributed by atoms with van der Waals surface area (Å²) in [4.78, 5) is 38.0. The van der Waals surface area contributed by atoms with Crippen LogP contribution in [0.25, 0.3) is 0 Å². The van der Waals surface area contributed by atoms with Crippen molar-refractivity contribution in [1.29, 1.82) is 0 Å². The zero-order valence-corrected chi connectivity index (χ0v) is 22.9. The van der Waals surface area contributed by atoms with Gasteiger partial charge in [-0.05, 0) is 48.9 Å². The lowest BCUT2D eigenvalue weighted by atomic mass is 9.97. The number of amides is 2. The number of aliphatic hydroxyl groups is 1. The van der Waals surface area contributed by atoms with Gasteiger partial charge in [0, 0.05) is 19.4 Å². The lowest BCUT2D eigenvalue weighted by Gasteiger charge is -2.22. The van der Waals surface area contributed by atoms with E-state index in [1.807, 2.05) is 66.7 Å². The van der Waals surface area contributed by atoms with Crippen molar-refractivity contribution in [1.82, 2.24) is 10.6 Å². The SMILES string of the molecule is O=C(CC1CC=CCCCC(=O)OCC(Cc2ccc(OCc3ccccc3)cc2)NC1=O)NCCOCCO. The lowest BCUT2D eigenvalue weighted by molar-refractivity contribution is -0.145. The Bertz CT molecular complexity index is 1070. The van der Waals surface area contributed by atoms with Crippen molar-refractivity contribution in [2.24, 2.45) is 5.92 Å². The van der Waals surface area contributed by atoms with E-state index < -0.39 is 12.0 Å². The van der Waals surface area contributed by atoms with Crippen molar-refractivity contribution >= 4 is 17.8 Å². The van der Waals surface area contributed by atoms with Crippen LogP contribution >= 0.6 is 0 Å². The molecule has 0 radical (unpaired) electrons. The summed E-state index contributed by atoms with van der Waals surface area (Å²) in [6, 6.07) is 17.1. The quantitative estimate of drug-likeness (QED) is 0.210. The Kier molecular flexibility index (Phi) is 13.7. The van der Waals surface area contributed by atoms with Gasteiger partial charge in [0.05, 0.1) is 31.8 Å². The number of carbonyl (C=O) groups is 3. The number of aliphatic hydroxyl groups excluding tert-OH is 1. The first-order chi connectivity index (χ1) is 19.5. The van der Waals surface area contributed by atoms with Crippen LogP contribution in [0.2, 0.25) is 0 Å². The summed E-state index contributed by atoms with van der Waals surface area (Å²) < 4.78 is 16.5. The van der Waals surface area contributed by atoms with E-state index in [0.29, 0.717) is 45.3 Å². The van der Waals surface area contributed by atoms with Gasteiger partial charge < -0.3 is 30.0 Å². The topological polar surface area (TPSA) is 123 Å². The fourth-order valence-corrected chi connectivity index (χ4v) is 4.23. The molecule has 2 aromatic rings. The molecule has 1 heterocycles. The molecule has 0 saturated carbocycles. The highest BCUT2D eigenvalue weighted by Gasteiger charge is 2.24. The molecular weight excluding hydrogens is 512 g/mol. The van der Waals surface area contributed by atoms with E-state index in [9.17, 15) is 14.4 Å². The van der Waals surface area contributed by atoms with Gasteiger partial charge in [-0.3, -0.25) is 14.4 Å². The van der Waals surface area contributed by atoms with Crippen LogP contribution in [-0.4, -0.2) is 61.9 Å². The summed E-state index contributed by atoms with van der Waals surface area (Å²) in [5, 5.41) is 14.5. The Hall–Kier alpha value is -3.69. The van der Waals surface area contributed by atoms with Crippen molar-refractivity contribution in [2.75, 3.05) is 33.0 Å². The molecule has 2 unspecified atom stereocenters. The van der Waals surface area contributed by atoms with Gasteiger partial charge in [-0.2, -0.15) is 0 Å². The second kappa shape index (κ2) is 17.8. The molecular formula is C31H40N2O7. The van der Waals surface area contributed by atoms with Gasteiger partial charge in [-0.25, -0.2) is 0 Å². The third-order valence-electron chi connectivity index (χ3n) is 6.39. The number of rotatable bonds is 12. The molecule has 2 atom stereocenters. The Morgan fingerprint density at radius 1 is 1.02 bits per heavy atom. The number of ether oxygens (including phenoxy) is 3. The number of esters is 1. The minimum atomic E-state index is -0.567. The second-order valence-corrected chi connectivity index (χ2v) is 9.70. The van der Waals surface area contributed by atoms with Gasteiger partial charge in [0.2, 0.25) is 11.8 Å². The smallest absolute Gasteiger partial charge is 0.305 e. The third kappa shape index (κ3) is 12.0. The predicted octanol–water partition coefficient (Wildman–Crippen LogP) is 3.10. The van der Waals surface area contributed by atoms with Gasteiger partial charge in [0.25, 0.3) is 0 Å². The van der Waals surface area contributed by atoms with Crippen LogP contribution in [-0.2, 0) is 36.9 Å². The zero-order valence-electron chi connectivity index (χ0n) is 22.9. The van der Waals surface area contributed by atoms with Crippen LogP contribution in [0.3, 0.4) is 0 Å². The Balaban J connectivity index is 1.60. The molecule has 0 saturated heterocycles. The average Bonchev–Trinajstić information content (AvgIpc) is 2.97. The Morgan fingerprint density at radius 2 is 1.82 bits per heavy atom. The zero-order chi connectivity index (χ0) is 28.4. The molecule has 0 aliphatic carbocycles. The molecule has 2 aromatic carbocycles. The van der Waals surface area contributed by atoms with E-state index in [1.54, 1.807) is 0 Å². The van der Waals surface area contributed by atoms with Crippen molar-refractivity contribution in [3.05, 3.63) is 77.9 Å². The van der Waals surface area contributed by atoms with Crippen molar-refractivity contribution < 1.29 is 33.7 Å². The average molecular weight is 553 g/mol. The first kappa shape index (κ1) is 30.8. The maximum atomic E-state index is 13.3. The van der Waals surface area contributed by atoms with E-state index in [0.717, 1.165) is 16.9 Å². The van der Waals surface area contributed by atoms with Crippen LogP contribution in [0.1, 0.15) is 43.2 Å². The van der Waals surface area contributed by atoms with E-state index in [4.69, 9.17) is 19.3 Å². The molecule has 0 bridgehead atoms. The molecule has 0 spiro atoms. The molecule has 0 aromatic heterocycles. The van der Waals surface area contributed by atoms with Gasteiger partial charge in [-0.15, -0.1) is 0 Å². The van der Waals surface area contributed by atoms with Crippen LogP contribution in [0.5, 0.6) is 5.75 Å². The van der Waals surface area contributed by atoms with E-state index in [1.165, 1.54) is 0 Å². The minimum absolute atomic E-state index is 0.0239. The van der Waals surface area contributed by atoms with Crippen LogP contribution in [0.15, 0.2) is 66.7 Å². The minimum Gasteiger partial charge on any atom is -0.489 e. The molecule has 216 valence electrons. The fraction of sp³-hybridized carbons (Fsp3) is 0.452. The standard InChI is InChI=1S/C31H40N2O7/c34-17-19-38-18-16-32-29(35)21-26-10-6-1-2-7-11-30(36)40-23-27(33-31(26)37)20-24-12-14-28(15-13-24)39-22-25-8-4-3-5-9-25/h1,3-6,8-9,12-15,26-27,34H,2,7,10-11,16-23H2,(H,32,35)(H,33,37). The third-order valence-corrected chi connectivity index (χ3v) is 6.39. The summed E-state index contributed by atoms with van der Waals surface area (Å²) in [6.07, 6.45) is 6.38. The normalized spacial score (nSPS) is 18.4. The number of hydrogen-bond donors (Lipinski definition) is 3. The monoisotopic (exact) mass is 552 g/mol. The molecule has 2 amide bonds. The largest absolute Gasteiger partial charge is 0.489 e. The van der Waals surface area contributed by atoms with Gasteiger partial charge in [0.1, 0.15) is 19.0 Å². The summed E-state index contributed by atoms with van der Waals surface area (Å²) in [5.74, 6) is -0.644. The number of nitrogens with one attached hydrogen (secondary N) is 2. The molecule has 1 aliphatic rings. The number of hydrogen-bond acceptors (Lipinski definition) is 7. The lowest BCUT2D eigenvalue weighted by Crippen LogP contribution is -2.44. The Morgan fingerprint density at radius 3 is 2.60 bits per heavy atom. The van der Waals surface area contributed by atoms with Crippen molar-refractivity contribution in [3.8, 4) is 5.75 Å². The highest BCUT2D eigenvalue weighted by molar-refractivity contribution is 5.86. The maximum absolute atomic E-state index is 13.3. The maximum Gasteiger partial charge on any atom is 0.305 e. The van der Waals surface area contributed by atoms with Crippen molar-refractivity contribution in [3.63, 3.8) is 0 Å². The van der Waals surface area contributed by atoms with Gasteiger partial charge >= 0.3 is 5.97 Å². The fourth-order valence-electron chi connectivity index (χ4n) is 4.23. The molecule has 9 heteroatoms. The summed E-state index contributed by atoms with van der Waals surface area (Å²) in [6.45, 7) is 1.23. The van der Waals surface area contributed by atoms with E-state index in [2.05, 4.69) is 10.6 Å². The Labute approximate surface area is 235 Å². The molecule has 1 aliphatic heterocycles. The highest BCUT2D eigenvalue weighted by atomic mass is 16.5. The number of allylic oxidation sites excluding steroid dienone is 2. The van der Waals surface area contributed by atoms with Crippen molar-refractivity contribution in [2.45, 2.75) is 51.2 Å². The highest BCUT2D eigenvalue weighted by Crippen LogP contribution is 2.17. The van der Waals surface area contributed by atoms with Crippen LogP contribution in [0.4, 0.5) is 0 Å². The number of benzene rings is 2. The predicted molar refractivity (Wildman–Crippen MR) is 150 cm³/mol. The summed E-state index contributed by atoms with van der Waals surface area (Å²) in [7, 11) is 0. The first-order valence-corrected chi connectivity index (χ1v) is 13.9. The van der Waals surface area contributed by atoms with Crippen LogP contribution < -0.4 is 15.4 Å². The van der Waals surface area contributed by atoms with Crippen LogP contribution in [0, 0.1) is 5.92 Å². The number of carbonyl (C=O) groups excluding carboxylic acids is 3. The molecule has 3 N–H and O–H groups in total. The molecule has 0 fully saturated rings. The van der Waals surface area contributed by atoms with E-state index in [-0.39, 0.29) is 50.6 Å². The molecule has 40 heavy (non-hydrogen) atoms. The summed E-state index contributed by atoms with van der Waals surface area (Å²) in [5.41, 5.74) is 2.03.